The van der Waals surface area contributed by atoms with Gasteiger partial charge in [-0.2, -0.15) is 0 Å². The molecule has 0 spiro atoms. The second-order valence-electron chi connectivity index (χ2n) is 3.56. The first-order valence-electron chi connectivity index (χ1n) is 5.34. The fraction of sp³-hybridized carbons (Fsp3) is 0.385. The van der Waals surface area contributed by atoms with Crippen LogP contribution in [0.1, 0.15) is 12.0 Å². The Morgan fingerprint density at radius 1 is 1.35 bits per heavy atom. The van der Waals surface area contributed by atoms with E-state index < -0.39 is 0 Å². The SMILES string of the molecule is CN(C=O)CCC=O.COc1cccc(C)c1. The molecule has 0 heterocycles. The van der Waals surface area contributed by atoms with Gasteiger partial charge in [-0.3, -0.25) is 4.79 Å². The van der Waals surface area contributed by atoms with Crippen LogP contribution in [0, 0.1) is 6.92 Å². The van der Waals surface area contributed by atoms with Crippen molar-refractivity contribution in [3.8, 4) is 5.75 Å². The first-order valence-corrected chi connectivity index (χ1v) is 5.34. The molecule has 94 valence electrons. The Bertz CT molecular complexity index is 339. The summed E-state index contributed by atoms with van der Waals surface area (Å²) in [6.45, 7) is 2.56. The van der Waals surface area contributed by atoms with E-state index in [0.29, 0.717) is 19.4 Å². The summed E-state index contributed by atoms with van der Waals surface area (Å²) in [6, 6.07) is 7.96. The molecule has 4 heteroatoms. The smallest absolute Gasteiger partial charge is 0.209 e. The third kappa shape index (κ3) is 8.02. The van der Waals surface area contributed by atoms with E-state index in [1.165, 1.54) is 10.5 Å². The molecule has 1 rings (SSSR count). The van der Waals surface area contributed by atoms with E-state index in [4.69, 9.17) is 4.74 Å². The minimum absolute atomic E-state index is 0.426. The molecule has 0 fully saturated rings. The highest BCUT2D eigenvalue weighted by molar-refractivity contribution is 5.52. The van der Waals surface area contributed by atoms with Crippen molar-refractivity contribution in [1.82, 2.24) is 4.90 Å². The predicted molar refractivity (Wildman–Crippen MR) is 67.1 cm³/mol. The summed E-state index contributed by atoms with van der Waals surface area (Å²) in [5.41, 5.74) is 1.23. The highest BCUT2D eigenvalue weighted by atomic mass is 16.5. The van der Waals surface area contributed by atoms with Crippen molar-refractivity contribution in [3.05, 3.63) is 29.8 Å². The molecule has 0 N–H and O–H groups in total. The molecule has 0 radical (unpaired) electrons. The van der Waals surface area contributed by atoms with Crippen molar-refractivity contribution < 1.29 is 14.3 Å². The highest BCUT2D eigenvalue weighted by Crippen LogP contribution is 2.10. The van der Waals surface area contributed by atoms with Crippen LogP contribution in [0.5, 0.6) is 5.75 Å². The van der Waals surface area contributed by atoms with E-state index >= 15 is 0 Å². The zero-order valence-electron chi connectivity index (χ0n) is 10.6. The maximum absolute atomic E-state index is 9.82. The van der Waals surface area contributed by atoms with E-state index in [0.717, 1.165) is 12.0 Å². The topological polar surface area (TPSA) is 46.6 Å². The van der Waals surface area contributed by atoms with Gasteiger partial charge in [0, 0.05) is 20.0 Å². The molecule has 0 bridgehead atoms. The molecule has 0 saturated heterocycles. The second kappa shape index (κ2) is 9.39. The van der Waals surface area contributed by atoms with Crippen LogP contribution in [0.15, 0.2) is 24.3 Å². The van der Waals surface area contributed by atoms with Crippen LogP contribution < -0.4 is 4.74 Å². The van der Waals surface area contributed by atoms with Crippen molar-refractivity contribution in [3.63, 3.8) is 0 Å². The minimum Gasteiger partial charge on any atom is -0.497 e. The maximum atomic E-state index is 9.82. The number of aldehydes is 1. The van der Waals surface area contributed by atoms with Gasteiger partial charge in [-0.1, -0.05) is 12.1 Å². The number of carbonyl (C=O) groups is 2. The molecular weight excluding hydrogens is 218 g/mol. The number of methoxy groups -OCH3 is 1. The molecule has 0 saturated carbocycles. The third-order valence-corrected chi connectivity index (χ3v) is 2.00. The fourth-order valence-corrected chi connectivity index (χ4v) is 1.05. The molecule has 0 aliphatic rings. The summed E-state index contributed by atoms with van der Waals surface area (Å²) in [7, 11) is 3.31. The van der Waals surface area contributed by atoms with Crippen LogP contribution in [0.2, 0.25) is 0 Å². The van der Waals surface area contributed by atoms with Crippen molar-refractivity contribution in [1.29, 1.82) is 0 Å². The van der Waals surface area contributed by atoms with Crippen LogP contribution >= 0.6 is 0 Å². The van der Waals surface area contributed by atoms with Crippen molar-refractivity contribution in [2.24, 2.45) is 0 Å². The largest absolute Gasteiger partial charge is 0.497 e. The maximum Gasteiger partial charge on any atom is 0.209 e. The van der Waals surface area contributed by atoms with Crippen LogP contribution in [-0.2, 0) is 9.59 Å². The summed E-state index contributed by atoms with van der Waals surface area (Å²) < 4.78 is 5.00. The van der Waals surface area contributed by atoms with Crippen molar-refractivity contribution >= 4 is 12.7 Å². The van der Waals surface area contributed by atoms with Crippen LogP contribution in [0.3, 0.4) is 0 Å². The molecule has 4 nitrogen and oxygen atoms in total. The second-order valence-corrected chi connectivity index (χ2v) is 3.56. The summed E-state index contributed by atoms with van der Waals surface area (Å²) in [5.74, 6) is 0.926. The number of hydrogen-bond acceptors (Lipinski definition) is 3. The molecule has 1 aromatic rings. The Labute approximate surface area is 102 Å². The summed E-state index contributed by atoms with van der Waals surface area (Å²) in [4.78, 5) is 20.9. The van der Waals surface area contributed by atoms with Crippen molar-refractivity contribution in [2.75, 3.05) is 20.7 Å². The average Bonchev–Trinajstić information content (AvgIpc) is 2.36. The Morgan fingerprint density at radius 2 is 2.06 bits per heavy atom. The third-order valence-electron chi connectivity index (χ3n) is 2.00. The molecule has 0 aliphatic carbocycles. The van der Waals surface area contributed by atoms with Crippen LogP contribution in [-0.4, -0.2) is 38.3 Å². The summed E-state index contributed by atoms with van der Waals surface area (Å²) in [6.07, 6.45) is 1.92. The molecule has 1 amide bonds. The fourth-order valence-electron chi connectivity index (χ4n) is 1.05. The number of nitrogens with zero attached hydrogens (tertiary/aromatic N) is 1. The van der Waals surface area contributed by atoms with Gasteiger partial charge in [0.25, 0.3) is 0 Å². The van der Waals surface area contributed by atoms with E-state index in [9.17, 15) is 9.59 Å². The number of carbonyl (C=O) groups excluding carboxylic acids is 2. The highest BCUT2D eigenvalue weighted by Gasteiger charge is 1.88. The van der Waals surface area contributed by atoms with E-state index in [-0.39, 0.29) is 0 Å². The zero-order valence-corrected chi connectivity index (χ0v) is 10.6. The van der Waals surface area contributed by atoms with Crippen LogP contribution in [0.4, 0.5) is 0 Å². The number of amides is 1. The van der Waals surface area contributed by atoms with Gasteiger partial charge in [0.1, 0.15) is 12.0 Å². The number of rotatable bonds is 5. The van der Waals surface area contributed by atoms with E-state index in [1.54, 1.807) is 14.2 Å². The van der Waals surface area contributed by atoms with Gasteiger partial charge >= 0.3 is 0 Å². The normalized spacial score (nSPS) is 8.65. The zero-order chi connectivity index (χ0) is 13.1. The lowest BCUT2D eigenvalue weighted by Gasteiger charge is -2.04. The Morgan fingerprint density at radius 3 is 2.47 bits per heavy atom. The lowest BCUT2D eigenvalue weighted by Crippen LogP contribution is -2.16. The Balaban J connectivity index is 0.000000304. The van der Waals surface area contributed by atoms with Gasteiger partial charge in [0.2, 0.25) is 6.41 Å². The van der Waals surface area contributed by atoms with Crippen LogP contribution in [0.25, 0.3) is 0 Å². The molecular formula is C13H19NO3. The first kappa shape index (κ1) is 15.2. The van der Waals surface area contributed by atoms with Gasteiger partial charge in [0.05, 0.1) is 7.11 Å². The predicted octanol–water partition coefficient (Wildman–Crippen LogP) is 1.67. The first-order chi connectivity index (χ1) is 8.13. The van der Waals surface area contributed by atoms with E-state index in [1.807, 2.05) is 31.2 Å². The minimum atomic E-state index is 0.426. The van der Waals surface area contributed by atoms with Gasteiger partial charge in [-0.15, -0.1) is 0 Å². The summed E-state index contributed by atoms with van der Waals surface area (Å²) >= 11 is 0. The molecule has 0 aromatic heterocycles. The standard InChI is InChI=1S/C8H10O.C5H9NO2/c1-7-4-3-5-8(6-7)9-2;1-6(5-8)3-2-4-7/h3-6H,1-2H3;4-5H,2-3H2,1H3. The monoisotopic (exact) mass is 237 g/mol. The number of hydrogen-bond donors (Lipinski definition) is 0. The molecule has 0 aliphatic heterocycles. The van der Waals surface area contributed by atoms with Gasteiger partial charge < -0.3 is 14.4 Å². The summed E-state index contributed by atoms with van der Waals surface area (Å²) in [5, 5.41) is 0. The molecule has 17 heavy (non-hydrogen) atoms. The number of benzene rings is 1. The van der Waals surface area contributed by atoms with E-state index in [2.05, 4.69) is 0 Å². The quantitative estimate of drug-likeness (QED) is 0.732. The number of ether oxygens (including phenoxy) is 1. The van der Waals surface area contributed by atoms with Gasteiger partial charge in [-0.05, 0) is 24.6 Å². The Kier molecular flexibility index (Phi) is 8.37. The molecule has 1 aromatic carbocycles. The average molecular weight is 237 g/mol. The molecule has 0 atom stereocenters. The number of aryl methyl sites for hydroxylation is 1. The lowest BCUT2D eigenvalue weighted by molar-refractivity contribution is -0.117. The van der Waals surface area contributed by atoms with Gasteiger partial charge in [-0.25, -0.2) is 0 Å². The van der Waals surface area contributed by atoms with Crippen molar-refractivity contribution in [2.45, 2.75) is 13.3 Å². The lowest BCUT2D eigenvalue weighted by atomic mass is 10.2. The van der Waals surface area contributed by atoms with Gasteiger partial charge in [0.15, 0.2) is 0 Å². The Hall–Kier alpha value is -1.84. The molecule has 0 unspecified atom stereocenters.